The van der Waals surface area contributed by atoms with Crippen molar-refractivity contribution in [2.24, 2.45) is 7.05 Å². The number of imidazole rings is 1. The van der Waals surface area contributed by atoms with Crippen LogP contribution in [0.1, 0.15) is 82.7 Å². The van der Waals surface area contributed by atoms with E-state index in [0.717, 1.165) is 0 Å². The minimum Gasteiger partial charge on any atom is -0.248 e. The zero-order chi connectivity index (χ0) is 13.9. The minimum atomic E-state index is 1.22. The summed E-state index contributed by atoms with van der Waals surface area (Å²) in [5.74, 6) is 1.25. The summed E-state index contributed by atoms with van der Waals surface area (Å²) in [6, 6.07) is 0. The van der Waals surface area contributed by atoms with Gasteiger partial charge in [0.05, 0.1) is 7.05 Å². The Bertz CT molecular complexity index is 328. The van der Waals surface area contributed by atoms with Crippen LogP contribution in [0.25, 0.3) is 0 Å². The number of unbranched alkanes of at least 4 members (excludes halogenated alkanes) is 9. The fourth-order valence-corrected chi connectivity index (χ4v) is 2.63. The predicted molar refractivity (Wildman–Crippen MR) is 82.3 cm³/mol. The lowest BCUT2D eigenvalue weighted by atomic mass is 10.1. The number of rotatable bonds is 11. The van der Waals surface area contributed by atoms with Gasteiger partial charge in [-0.1, -0.05) is 64.7 Å². The average Bonchev–Trinajstić information content (AvgIpc) is 2.73. The summed E-state index contributed by atoms with van der Waals surface area (Å²) in [5.41, 5.74) is 1.44. The van der Waals surface area contributed by atoms with Crippen molar-refractivity contribution in [2.45, 2.75) is 84.5 Å². The number of hydrogen-bond donors (Lipinski definition) is 1. The Hall–Kier alpha value is -0.790. The molecule has 0 radical (unpaired) electrons. The van der Waals surface area contributed by atoms with E-state index in [2.05, 4.69) is 36.6 Å². The fourth-order valence-electron chi connectivity index (χ4n) is 2.63. The standard InChI is InChI=1S/C17H32N2/c1-4-5-6-7-8-9-10-11-12-13-14-17-15-18-16(2)19(17)3/h15H,4-14H2,1-3H3/p+1. The van der Waals surface area contributed by atoms with Crippen LogP contribution in [-0.2, 0) is 13.5 Å². The molecular weight excluding hydrogens is 232 g/mol. The molecule has 1 aromatic heterocycles. The van der Waals surface area contributed by atoms with Crippen molar-refractivity contribution in [3.05, 3.63) is 17.7 Å². The van der Waals surface area contributed by atoms with Crippen molar-refractivity contribution >= 4 is 0 Å². The van der Waals surface area contributed by atoms with E-state index >= 15 is 0 Å². The Morgan fingerprint density at radius 3 is 1.89 bits per heavy atom. The van der Waals surface area contributed by atoms with Crippen LogP contribution in [0.3, 0.4) is 0 Å². The largest absolute Gasteiger partial charge is 0.251 e. The van der Waals surface area contributed by atoms with Crippen LogP contribution in [0.4, 0.5) is 0 Å². The van der Waals surface area contributed by atoms with Gasteiger partial charge in [0.1, 0.15) is 11.9 Å². The third-order valence-electron chi connectivity index (χ3n) is 4.17. The molecule has 0 atom stereocenters. The number of aromatic amines is 1. The second kappa shape index (κ2) is 10.1. The summed E-state index contributed by atoms with van der Waals surface area (Å²) in [7, 11) is 2.15. The molecule has 2 heteroatoms. The molecule has 0 unspecified atom stereocenters. The summed E-state index contributed by atoms with van der Waals surface area (Å²) < 4.78 is 2.27. The van der Waals surface area contributed by atoms with Crippen LogP contribution in [-0.4, -0.2) is 4.98 Å². The first-order chi connectivity index (χ1) is 9.25. The number of nitrogens with zero attached hydrogens (tertiary/aromatic N) is 1. The van der Waals surface area contributed by atoms with Crippen molar-refractivity contribution < 1.29 is 4.57 Å². The van der Waals surface area contributed by atoms with Gasteiger partial charge in [-0.05, 0) is 6.42 Å². The van der Waals surface area contributed by atoms with Crippen LogP contribution in [0.5, 0.6) is 0 Å². The third kappa shape index (κ3) is 6.79. The van der Waals surface area contributed by atoms with E-state index in [0.29, 0.717) is 0 Å². The smallest absolute Gasteiger partial charge is 0.248 e. The van der Waals surface area contributed by atoms with Gasteiger partial charge in [-0.3, -0.25) is 0 Å². The van der Waals surface area contributed by atoms with Crippen molar-refractivity contribution in [3.8, 4) is 0 Å². The number of H-pyrrole nitrogens is 1. The molecule has 0 bridgehead atoms. The van der Waals surface area contributed by atoms with E-state index in [1.54, 1.807) is 0 Å². The molecule has 1 heterocycles. The first-order valence-corrected chi connectivity index (χ1v) is 8.28. The second-order valence-corrected chi connectivity index (χ2v) is 5.86. The summed E-state index contributed by atoms with van der Waals surface area (Å²) in [5, 5.41) is 0. The van der Waals surface area contributed by atoms with Crippen LogP contribution in [0.2, 0.25) is 0 Å². The van der Waals surface area contributed by atoms with E-state index in [4.69, 9.17) is 0 Å². The monoisotopic (exact) mass is 265 g/mol. The van der Waals surface area contributed by atoms with Crippen LogP contribution in [0.15, 0.2) is 6.20 Å². The van der Waals surface area contributed by atoms with Gasteiger partial charge in [0.2, 0.25) is 0 Å². The molecule has 1 rings (SSSR count). The Morgan fingerprint density at radius 1 is 0.895 bits per heavy atom. The van der Waals surface area contributed by atoms with Gasteiger partial charge in [-0.25, -0.2) is 9.55 Å². The van der Waals surface area contributed by atoms with Gasteiger partial charge < -0.3 is 0 Å². The van der Waals surface area contributed by atoms with Gasteiger partial charge in [-0.15, -0.1) is 0 Å². The van der Waals surface area contributed by atoms with Crippen LogP contribution >= 0.6 is 0 Å². The van der Waals surface area contributed by atoms with E-state index < -0.39 is 0 Å². The summed E-state index contributed by atoms with van der Waals surface area (Å²) in [6.07, 6.45) is 17.5. The van der Waals surface area contributed by atoms with Gasteiger partial charge in [0.25, 0.3) is 5.82 Å². The van der Waals surface area contributed by atoms with Crippen molar-refractivity contribution in [2.75, 3.05) is 0 Å². The topological polar surface area (TPSA) is 19.7 Å². The SMILES string of the molecule is CCCCCCCCCCCCc1c[nH]c(C)[n+]1C. The van der Waals surface area contributed by atoms with Crippen molar-refractivity contribution in [3.63, 3.8) is 0 Å². The van der Waals surface area contributed by atoms with Crippen LogP contribution < -0.4 is 4.57 Å². The number of nitrogens with one attached hydrogen (secondary N) is 1. The quantitative estimate of drug-likeness (QED) is 0.445. The highest BCUT2D eigenvalue weighted by molar-refractivity contribution is 4.89. The zero-order valence-corrected chi connectivity index (χ0v) is 13.3. The van der Waals surface area contributed by atoms with E-state index in [9.17, 15) is 0 Å². The lowest BCUT2D eigenvalue weighted by Crippen LogP contribution is -2.33. The van der Waals surface area contributed by atoms with E-state index in [1.807, 2.05) is 0 Å². The van der Waals surface area contributed by atoms with Gasteiger partial charge in [-0.2, -0.15) is 0 Å². The molecule has 1 N–H and O–H groups in total. The normalized spacial score (nSPS) is 11.1. The molecule has 2 nitrogen and oxygen atoms in total. The summed E-state index contributed by atoms with van der Waals surface area (Å²) >= 11 is 0. The molecule has 1 aromatic rings. The minimum absolute atomic E-state index is 1.22. The van der Waals surface area contributed by atoms with Gasteiger partial charge in [0, 0.05) is 13.3 Å². The maximum atomic E-state index is 3.29. The van der Waals surface area contributed by atoms with E-state index in [-0.39, 0.29) is 0 Å². The van der Waals surface area contributed by atoms with Gasteiger partial charge in [0.15, 0.2) is 0 Å². The molecule has 0 aliphatic rings. The molecule has 0 saturated carbocycles. The Morgan fingerprint density at radius 2 is 1.42 bits per heavy atom. The lowest BCUT2D eigenvalue weighted by molar-refractivity contribution is -0.683. The first-order valence-electron chi connectivity index (χ1n) is 8.28. The molecule has 0 amide bonds. The molecule has 0 saturated heterocycles. The first kappa shape index (κ1) is 16.3. The number of aromatic nitrogens is 2. The molecule has 0 fully saturated rings. The summed E-state index contributed by atoms with van der Waals surface area (Å²) in [6.45, 7) is 4.41. The molecule has 110 valence electrons. The average molecular weight is 265 g/mol. The highest BCUT2D eigenvalue weighted by atomic mass is 15.0. The Labute approximate surface area is 119 Å². The Kier molecular flexibility index (Phi) is 8.61. The molecule has 0 aliphatic heterocycles. The van der Waals surface area contributed by atoms with Crippen molar-refractivity contribution in [1.82, 2.24) is 4.98 Å². The van der Waals surface area contributed by atoms with Crippen molar-refractivity contribution in [1.29, 1.82) is 0 Å². The highest BCUT2D eigenvalue weighted by Gasteiger charge is 2.08. The number of hydrogen-bond acceptors (Lipinski definition) is 0. The van der Waals surface area contributed by atoms with Crippen LogP contribution in [0, 0.1) is 6.92 Å². The molecule has 0 spiro atoms. The molecule has 0 aromatic carbocycles. The highest BCUT2D eigenvalue weighted by Crippen LogP contribution is 2.11. The second-order valence-electron chi connectivity index (χ2n) is 5.86. The number of aryl methyl sites for hydroxylation is 2. The molecule has 19 heavy (non-hydrogen) atoms. The Balaban J connectivity index is 1.90. The maximum absolute atomic E-state index is 3.29. The fraction of sp³-hybridized carbons (Fsp3) is 0.824. The third-order valence-corrected chi connectivity index (χ3v) is 4.17. The molecule has 0 aliphatic carbocycles. The van der Waals surface area contributed by atoms with Gasteiger partial charge >= 0.3 is 0 Å². The zero-order valence-electron chi connectivity index (χ0n) is 13.3. The predicted octanol–water partition coefficient (Wildman–Crippen LogP) is 4.61. The summed E-state index contributed by atoms with van der Waals surface area (Å²) in [4.78, 5) is 3.29. The lowest BCUT2D eigenvalue weighted by Gasteiger charge is -2.02. The molecular formula is C17H33N2+. The maximum Gasteiger partial charge on any atom is 0.251 e. The van der Waals surface area contributed by atoms with E-state index in [1.165, 1.54) is 82.1 Å².